The summed E-state index contributed by atoms with van der Waals surface area (Å²) in [5, 5.41) is 9.02. The third kappa shape index (κ3) is 2.15. The summed E-state index contributed by atoms with van der Waals surface area (Å²) in [6.45, 7) is 9.11. The molecule has 3 rings (SSSR count). The average Bonchev–Trinajstić information content (AvgIpc) is 2.69. The molecule has 0 bridgehead atoms. The van der Waals surface area contributed by atoms with Crippen LogP contribution in [0.4, 0.5) is 0 Å². The first-order valence-electron chi connectivity index (χ1n) is 7.45. The molecule has 1 aliphatic carbocycles. The Labute approximate surface area is 115 Å². The molecule has 1 aromatic rings. The summed E-state index contributed by atoms with van der Waals surface area (Å²) in [5.41, 5.74) is 1.48. The largest absolute Gasteiger partial charge is 0.314 e. The number of aromatic nitrogens is 3. The molecule has 0 saturated heterocycles. The summed E-state index contributed by atoms with van der Waals surface area (Å²) < 4.78 is 2.40. The monoisotopic (exact) mass is 257 g/mol. The molecule has 3 nitrogen and oxygen atoms in total. The topological polar surface area (TPSA) is 30.7 Å². The summed E-state index contributed by atoms with van der Waals surface area (Å²) in [7, 11) is 0. The number of hydrogen-bond acceptors (Lipinski definition) is 2. The van der Waals surface area contributed by atoms with Gasteiger partial charge in [0.2, 0.25) is 0 Å². The zero-order valence-corrected chi connectivity index (χ0v) is 11.7. The van der Waals surface area contributed by atoms with Gasteiger partial charge >= 0.3 is 0 Å². The lowest BCUT2D eigenvalue weighted by atomic mass is 9.63. The Morgan fingerprint density at radius 1 is 1.16 bits per heavy atom. The second-order valence-corrected chi connectivity index (χ2v) is 6.13. The molecule has 2 heterocycles. The maximum absolute atomic E-state index is 4.55. The first kappa shape index (κ1) is 12.6. The van der Waals surface area contributed by atoms with Crippen LogP contribution >= 0.6 is 0 Å². The van der Waals surface area contributed by atoms with Crippen molar-refractivity contribution in [2.45, 2.75) is 63.3 Å². The molecule has 19 heavy (non-hydrogen) atoms. The lowest BCUT2D eigenvalue weighted by Crippen LogP contribution is -2.38. The van der Waals surface area contributed by atoms with E-state index in [4.69, 9.17) is 0 Å². The third-order valence-corrected chi connectivity index (χ3v) is 4.55. The van der Waals surface area contributed by atoms with E-state index >= 15 is 0 Å². The Balaban J connectivity index is 1.95. The summed E-state index contributed by atoms with van der Waals surface area (Å²) in [5.74, 6) is 2.38. The Morgan fingerprint density at radius 3 is 2.68 bits per heavy atom. The number of aryl methyl sites for hydroxylation is 1. The Bertz CT molecular complexity index is 485. The van der Waals surface area contributed by atoms with Crippen LogP contribution < -0.4 is 0 Å². The van der Waals surface area contributed by atoms with Gasteiger partial charge in [0.05, 0.1) is 0 Å². The highest BCUT2D eigenvalue weighted by Crippen LogP contribution is 2.49. The van der Waals surface area contributed by atoms with Crippen LogP contribution in [0.2, 0.25) is 0 Å². The fourth-order valence-corrected chi connectivity index (χ4v) is 3.63. The van der Waals surface area contributed by atoms with Crippen LogP contribution in [-0.2, 0) is 18.4 Å². The second kappa shape index (κ2) is 4.95. The molecule has 0 unspecified atom stereocenters. The van der Waals surface area contributed by atoms with Crippen molar-refractivity contribution in [1.82, 2.24) is 14.8 Å². The van der Waals surface area contributed by atoms with Crippen molar-refractivity contribution in [1.29, 1.82) is 0 Å². The molecule has 0 atom stereocenters. The normalized spacial score (nSPS) is 22.0. The van der Waals surface area contributed by atoms with Crippen LogP contribution in [0.5, 0.6) is 0 Å². The number of allylic oxidation sites excluding steroid dienone is 2. The zero-order chi connectivity index (χ0) is 13.3. The molecule has 3 heteroatoms. The minimum absolute atomic E-state index is 0.142. The van der Waals surface area contributed by atoms with Crippen molar-refractivity contribution < 1.29 is 0 Å². The molecule has 1 aromatic heterocycles. The van der Waals surface area contributed by atoms with Crippen molar-refractivity contribution >= 4 is 0 Å². The summed E-state index contributed by atoms with van der Waals surface area (Å²) >= 11 is 0. The minimum atomic E-state index is 0.142. The fourth-order valence-electron chi connectivity index (χ4n) is 3.63. The summed E-state index contributed by atoms with van der Waals surface area (Å²) in [6, 6.07) is 0. The van der Waals surface area contributed by atoms with Crippen molar-refractivity contribution in [3.8, 4) is 0 Å². The highest BCUT2D eigenvalue weighted by molar-refractivity contribution is 5.29. The van der Waals surface area contributed by atoms with Gasteiger partial charge in [0.15, 0.2) is 0 Å². The molecule has 1 fully saturated rings. The fraction of sp³-hybridized carbons (Fsp3) is 0.625. The van der Waals surface area contributed by atoms with E-state index in [1.165, 1.54) is 42.9 Å². The average molecular weight is 257 g/mol. The molecule has 0 radical (unpaired) electrons. The van der Waals surface area contributed by atoms with Crippen LogP contribution in [0.25, 0.3) is 0 Å². The molecule has 0 amide bonds. The summed E-state index contributed by atoms with van der Waals surface area (Å²) in [4.78, 5) is 0. The number of nitrogens with zero attached hydrogens (tertiary/aromatic N) is 3. The van der Waals surface area contributed by atoms with E-state index in [0.29, 0.717) is 0 Å². The number of hydrogen-bond donors (Lipinski definition) is 0. The highest BCUT2D eigenvalue weighted by Gasteiger charge is 2.44. The van der Waals surface area contributed by atoms with E-state index < -0.39 is 0 Å². The van der Waals surface area contributed by atoms with Gasteiger partial charge in [-0.1, -0.05) is 31.1 Å². The van der Waals surface area contributed by atoms with Gasteiger partial charge in [-0.25, -0.2) is 0 Å². The first-order valence-corrected chi connectivity index (χ1v) is 7.45. The van der Waals surface area contributed by atoms with Crippen LogP contribution in [0, 0.1) is 0 Å². The molecule has 102 valence electrons. The zero-order valence-electron chi connectivity index (χ0n) is 11.7. The molecule has 0 aromatic carbocycles. The second-order valence-electron chi connectivity index (χ2n) is 6.13. The Kier molecular flexibility index (Phi) is 3.29. The summed E-state index contributed by atoms with van der Waals surface area (Å²) in [6.07, 6.45) is 11.4. The number of rotatable bonds is 3. The molecule has 1 aliphatic heterocycles. The van der Waals surface area contributed by atoms with Crippen LogP contribution in [0.1, 0.15) is 56.6 Å². The van der Waals surface area contributed by atoms with Gasteiger partial charge in [-0.2, -0.15) is 0 Å². The molecule has 0 spiro atoms. The maximum Gasteiger partial charge on any atom is 0.140 e. The van der Waals surface area contributed by atoms with Crippen LogP contribution in [0.15, 0.2) is 24.8 Å². The van der Waals surface area contributed by atoms with E-state index in [-0.39, 0.29) is 5.41 Å². The maximum atomic E-state index is 4.55. The van der Waals surface area contributed by atoms with E-state index in [2.05, 4.69) is 27.9 Å². The minimum Gasteiger partial charge on any atom is -0.314 e. The van der Waals surface area contributed by atoms with Crippen molar-refractivity contribution in [3.63, 3.8) is 0 Å². The quantitative estimate of drug-likeness (QED) is 0.775. The van der Waals surface area contributed by atoms with Crippen molar-refractivity contribution in [2.75, 3.05) is 0 Å². The van der Waals surface area contributed by atoms with Gasteiger partial charge in [0.25, 0.3) is 0 Å². The first-order chi connectivity index (χ1) is 9.25. The molecular formula is C16H23N3. The lowest BCUT2D eigenvalue weighted by molar-refractivity contribution is 0.298. The van der Waals surface area contributed by atoms with Crippen LogP contribution in [-0.4, -0.2) is 14.8 Å². The number of fused-ring (bicyclic) bond motifs is 1. The predicted octanol–water partition coefficient (Wildman–Crippen LogP) is 3.56. The highest BCUT2D eigenvalue weighted by atomic mass is 15.3. The van der Waals surface area contributed by atoms with E-state index in [9.17, 15) is 0 Å². The smallest absolute Gasteiger partial charge is 0.140 e. The Morgan fingerprint density at radius 2 is 1.95 bits per heavy atom. The van der Waals surface area contributed by atoms with Gasteiger partial charge in [-0.15, -0.1) is 16.8 Å². The van der Waals surface area contributed by atoms with Crippen molar-refractivity contribution in [3.05, 3.63) is 36.5 Å². The van der Waals surface area contributed by atoms with Crippen LogP contribution in [0.3, 0.4) is 0 Å². The molecule has 2 aliphatic rings. The van der Waals surface area contributed by atoms with Gasteiger partial charge in [-0.3, -0.25) is 0 Å². The lowest BCUT2D eigenvalue weighted by Gasteiger charge is -2.42. The van der Waals surface area contributed by atoms with Gasteiger partial charge in [0, 0.05) is 18.4 Å². The SMILES string of the molecule is C=CCC1(c2nnc3n2CCCCCC3)CC(=C)C1. The van der Waals surface area contributed by atoms with Gasteiger partial charge in [0.1, 0.15) is 11.6 Å². The van der Waals surface area contributed by atoms with Crippen molar-refractivity contribution in [2.24, 2.45) is 0 Å². The van der Waals surface area contributed by atoms with E-state index in [1.54, 1.807) is 0 Å². The molecular weight excluding hydrogens is 234 g/mol. The van der Waals surface area contributed by atoms with E-state index in [1.807, 2.05) is 6.08 Å². The standard InChI is InChI=1S/C16H23N3/c1-3-9-16(11-13(2)12-16)15-18-17-14-8-6-4-5-7-10-19(14)15/h3H,1-2,4-12H2. The molecule has 1 saturated carbocycles. The Hall–Kier alpha value is -1.38. The molecule has 0 N–H and O–H groups in total. The predicted molar refractivity (Wildman–Crippen MR) is 77.1 cm³/mol. The van der Waals surface area contributed by atoms with Gasteiger partial charge in [-0.05, 0) is 32.1 Å². The van der Waals surface area contributed by atoms with E-state index in [0.717, 1.165) is 32.2 Å². The van der Waals surface area contributed by atoms with Gasteiger partial charge < -0.3 is 4.57 Å². The third-order valence-electron chi connectivity index (χ3n) is 4.55.